The van der Waals surface area contributed by atoms with Crippen molar-refractivity contribution in [3.63, 3.8) is 0 Å². The van der Waals surface area contributed by atoms with Gasteiger partial charge in [-0.1, -0.05) is 103 Å². The van der Waals surface area contributed by atoms with Crippen LogP contribution in [0.15, 0.2) is 132 Å². The predicted octanol–water partition coefficient (Wildman–Crippen LogP) is 8.81. The zero-order valence-corrected chi connectivity index (χ0v) is 20.4. The smallest absolute Gasteiger partial charge is 0.238 e. The largest absolute Gasteiger partial charge is 0.446 e. The highest BCUT2D eigenvalue weighted by molar-refractivity contribution is 6.21. The topological polar surface area (TPSA) is 43.9 Å². The molecule has 4 nitrogen and oxygen atoms in total. The molecule has 0 fully saturated rings. The molecule has 0 bridgehead atoms. The van der Waals surface area contributed by atoms with Crippen molar-refractivity contribution in [1.29, 1.82) is 0 Å². The molecule has 0 atom stereocenters. The first-order valence-electron chi connectivity index (χ1n) is 12.7. The van der Waals surface area contributed by atoms with E-state index in [1.54, 1.807) is 6.26 Å². The summed E-state index contributed by atoms with van der Waals surface area (Å²) in [5, 5.41) is 5.71. The van der Waals surface area contributed by atoms with Crippen molar-refractivity contribution < 1.29 is 4.42 Å². The van der Waals surface area contributed by atoms with Crippen molar-refractivity contribution in [2.24, 2.45) is 0 Å². The fraction of sp³-hybridized carbons (Fsp3) is 0. The van der Waals surface area contributed by atoms with Gasteiger partial charge in [-0.3, -0.25) is 4.57 Å². The molecule has 0 aliphatic carbocycles. The van der Waals surface area contributed by atoms with E-state index in [0.29, 0.717) is 11.7 Å². The summed E-state index contributed by atoms with van der Waals surface area (Å²) in [6, 6.07) is 42.2. The zero-order valence-electron chi connectivity index (χ0n) is 20.4. The van der Waals surface area contributed by atoms with Gasteiger partial charge in [0.1, 0.15) is 0 Å². The maximum atomic E-state index is 5.84. The van der Waals surface area contributed by atoms with Gasteiger partial charge in [0, 0.05) is 16.3 Å². The second-order valence-electron chi connectivity index (χ2n) is 9.49. The summed E-state index contributed by atoms with van der Waals surface area (Å²) in [5.41, 5.74) is 6.94. The number of nitrogens with zero attached hydrogens (tertiary/aromatic N) is 3. The van der Waals surface area contributed by atoms with Crippen LogP contribution in [0.25, 0.3) is 72.0 Å². The molecule has 0 saturated carbocycles. The molecule has 38 heavy (non-hydrogen) atoms. The Kier molecular flexibility index (Phi) is 4.49. The molecule has 4 heteroatoms. The molecular formula is C34H21N3O. The van der Waals surface area contributed by atoms with Gasteiger partial charge < -0.3 is 4.42 Å². The maximum absolute atomic E-state index is 5.84. The van der Waals surface area contributed by atoms with E-state index in [9.17, 15) is 0 Å². The van der Waals surface area contributed by atoms with Gasteiger partial charge in [-0.2, -0.15) is 4.98 Å². The summed E-state index contributed by atoms with van der Waals surface area (Å²) in [6.45, 7) is 0. The molecule has 0 aliphatic rings. The Balaban J connectivity index is 1.38. The Bertz CT molecular complexity index is 2120. The Morgan fingerprint density at radius 3 is 2.08 bits per heavy atom. The number of fused-ring (bicyclic) bond motifs is 6. The normalized spacial score (nSPS) is 11.7. The SMILES string of the molecule is c1ccc(-c2ccc(-c3nc(-n4c5ccccc5c5c6ccccc6ccc54)nc4occc34)cc2)cc1. The van der Waals surface area contributed by atoms with E-state index >= 15 is 0 Å². The standard InChI is InChI=1S/C34H21N3O/c1-2-8-22(9-3-1)23-14-16-25(17-15-23)32-28-20-21-38-33(28)36-34(35-32)37-29-13-7-6-12-27(29)31-26-11-5-4-10-24(26)18-19-30(31)37/h1-21H. The van der Waals surface area contributed by atoms with Gasteiger partial charge in [0.2, 0.25) is 11.7 Å². The van der Waals surface area contributed by atoms with E-state index in [1.807, 2.05) is 12.1 Å². The number of para-hydroxylation sites is 1. The molecule has 5 aromatic carbocycles. The van der Waals surface area contributed by atoms with Gasteiger partial charge >= 0.3 is 0 Å². The van der Waals surface area contributed by atoms with Gasteiger partial charge in [-0.05, 0) is 40.1 Å². The molecule has 0 N–H and O–H groups in total. The predicted molar refractivity (Wildman–Crippen MR) is 155 cm³/mol. The highest BCUT2D eigenvalue weighted by atomic mass is 16.3. The van der Waals surface area contributed by atoms with Crippen LogP contribution in [-0.2, 0) is 0 Å². The minimum Gasteiger partial charge on any atom is -0.446 e. The van der Waals surface area contributed by atoms with Crippen LogP contribution in [-0.4, -0.2) is 14.5 Å². The molecule has 3 aromatic heterocycles. The van der Waals surface area contributed by atoms with Crippen molar-refractivity contribution in [3.05, 3.63) is 128 Å². The molecule has 0 saturated heterocycles. The third-order valence-electron chi connectivity index (χ3n) is 7.34. The molecule has 8 rings (SSSR count). The van der Waals surface area contributed by atoms with E-state index in [2.05, 4.69) is 114 Å². The van der Waals surface area contributed by atoms with Crippen molar-refractivity contribution in [2.75, 3.05) is 0 Å². The lowest BCUT2D eigenvalue weighted by Gasteiger charge is -2.10. The minimum absolute atomic E-state index is 0.573. The molecular weight excluding hydrogens is 466 g/mol. The lowest BCUT2D eigenvalue weighted by molar-refractivity contribution is 0.601. The average Bonchev–Trinajstić information content (AvgIpc) is 3.60. The first kappa shape index (κ1) is 20.9. The number of rotatable bonds is 3. The Morgan fingerprint density at radius 2 is 1.21 bits per heavy atom. The van der Waals surface area contributed by atoms with Gasteiger partial charge in [0.05, 0.1) is 28.4 Å². The molecule has 8 aromatic rings. The maximum Gasteiger partial charge on any atom is 0.238 e. The molecule has 0 aliphatic heterocycles. The van der Waals surface area contributed by atoms with Crippen LogP contribution >= 0.6 is 0 Å². The first-order valence-corrected chi connectivity index (χ1v) is 12.7. The number of hydrogen-bond donors (Lipinski definition) is 0. The van der Waals surface area contributed by atoms with Crippen LogP contribution in [0.4, 0.5) is 0 Å². The highest BCUT2D eigenvalue weighted by Crippen LogP contribution is 2.37. The summed E-state index contributed by atoms with van der Waals surface area (Å²) in [5.74, 6) is 0.594. The molecule has 178 valence electrons. The summed E-state index contributed by atoms with van der Waals surface area (Å²) in [6.07, 6.45) is 1.68. The number of hydrogen-bond acceptors (Lipinski definition) is 3. The zero-order chi connectivity index (χ0) is 25.1. The summed E-state index contributed by atoms with van der Waals surface area (Å²) >= 11 is 0. The van der Waals surface area contributed by atoms with Gasteiger partial charge in [-0.25, -0.2) is 4.98 Å². The van der Waals surface area contributed by atoms with Crippen LogP contribution < -0.4 is 0 Å². The van der Waals surface area contributed by atoms with Gasteiger partial charge in [0.15, 0.2) is 0 Å². The van der Waals surface area contributed by atoms with E-state index < -0.39 is 0 Å². The van der Waals surface area contributed by atoms with Crippen LogP contribution in [0.3, 0.4) is 0 Å². The van der Waals surface area contributed by atoms with Crippen molar-refractivity contribution in [3.8, 4) is 28.3 Å². The van der Waals surface area contributed by atoms with Gasteiger partial charge in [-0.15, -0.1) is 0 Å². The lowest BCUT2D eigenvalue weighted by Crippen LogP contribution is -2.02. The first-order chi connectivity index (χ1) is 18.8. The second-order valence-corrected chi connectivity index (χ2v) is 9.49. The van der Waals surface area contributed by atoms with Crippen LogP contribution in [0.5, 0.6) is 0 Å². The molecule has 0 radical (unpaired) electrons. The molecule has 0 amide bonds. The lowest BCUT2D eigenvalue weighted by atomic mass is 10.0. The van der Waals surface area contributed by atoms with Crippen molar-refractivity contribution in [1.82, 2.24) is 14.5 Å². The number of aromatic nitrogens is 3. The van der Waals surface area contributed by atoms with E-state index in [4.69, 9.17) is 14.4 Å². The van der Waals surface area contributed by atoms with Crippen LogP contribution in [0, 0.1) is 0 Å². The minimum atomic E-state index is 0.573. The molecule has 0 unspecified atom stereocenters. The van der Waals surface area contributed by atoms with E-state index in [1.165, 1.54) is 32.7 Å². The average molecular weight is 488 g/mol. The van der Waals surface area contributed by atoms with Crippen LogP contribution in [0.1, 0.15) is 0 Å². The molecule has 0 spiro atoms. The Morgan fingerprint density at radius 1 is 0.500 bits per heavy atom. The third-order valence-corrected chi connectivity index (χ3v) is 7.34. The second kappa shape index (κ2) is 8.15. The Labute approximate surface area is 218 Å². The van der Waals surface area contributed by atoms with E-state index in [0.717, 1.165) is 27.7 Å². The monoisotopic (exact) mass is 487 g/mol. The van der Waals surface area contributed by atoms with Crippen molar-refractivity contribution in [2.45, 2.75) is 0 Å². The fourth-order valence-corrected chi connectivity index (χ4v) is 5.57. The summed E-state index contributed by atoms with van der Waals surface area (Å²) in [4.78, 5) is 10.1. The highest BCUT2D eigenvalue weighted by Gasteiger charge is 2.19. The fourth-order valence-electron chi connectivity index (χ4n) is 5.57. The van der Waals surface area contributed by atoms with Crippen molar-refractivity contribution >= 4 is 43.7 Å². The third kappa shape index (κ3) is 3.10. The quantitative estimate of drug-likeness (QED) is 0.250. The van der Waals surface area contributed by atoms with Gasteiger partial charge in [0.25, 0.3) is 0 Å². The summed E-state index contributed by atoms with van der Waals surface area (Å²) < 4.78 is 8.00. The number of benzene rings is 5. The summed E-state index contributed by atoms with van der Waals surface area (Å²) in [7, 11) is 0. The van der Waals surface area contributed by atoms with E-state index in [-0.39, 0.29) is 0 Å². The number of furan rings is 1. The Hall–Kier alpha value is -5.22. The van der Waals surface area contributed by atoms with Crippen LogP contribution in [0.2, 0.25) is 0 Å². The molecule has 3 heterocycles.